The number of aromatic amines is 1. The summed E-state index contributed by atoms with van der Waals surface area (Å²) in [6.45, 7) is 9.43. The molecule has 4 aliphatic rings. The van der Waals surface area contributed by atoms with Crippen molar-refractivity contribution in [3.63, 3.8) is 0 Å². The minimum atomic E-state index is -1.37. The Labute approximate surface area is 268 Å². The van der Waals surface area contributed by atoms with Crippen LogP contribution in [0.2, 0.25) is 0 Å². The molecular weight excluding hydrogens is 588 g/mol. The molecule has 10 heteroatoms. The van der Waals surface area contributed by atoms with Crippen LogP contribution in [0.5, 0.6) is 0 Å². The molecular formula is C36H42N2O8. The van der Waals surface area contributed by atoms with Crippen LogP contribution in [0.25, 0.3) is 0 Å². The number of aromatic nitrogens is 1. The van der Waals surface area contributed by atoms with Crippen molar-refractivity contribution >= 4 is 23.8 Å². The van der Waals surface area contributed by atoms with Crippen molar-refractivity contribution in [3.05, 3.63) is 83.2 Å². The van der Waals surface area contributed by atoms with Crippen LogP contribution in [0.3, 0.4) is 0 Å². The van der Waals surface area contributed by atoms with Crippen LogP contribution in [0, 0.1) is 35.5 Å². The molecule has 1 saturated carbocycles. The Bertz CT molecular complexity index is 1560. The first-order chi connectivity index (χ1) is 21.9. The Morgan fingerprint density at radius 3 is 2.33 bits per heavy atom. The van der Waals surface area contributed by atoms with Gasteiger partial charge in [0.15, 0.2) is 6.10 Å². The SMILES string of the molecule is CO[C@H]1C[C@H]2C=C[C@H]3C(C(OC(=O)c4ccc[nH]4)C(C)C)[C@H]3[C@]2(O)/C(C)=C/[C@@H](C)[C@@H]([C@H](C)N2C(=O)c3ccccc3C2=O)OC1=O. The molecule has 0 radical (unpaired) electrons. The number of ether oxygens (including phenoxy) is 3. The van der Waals surface area contributed by atoms with E-state index in [0.29, 0.717) is 22.4 Å². The second kappa shape index (κ2) is 12.0. The highest BCUT2D eigenvalue weighted by atomic mass is 16.6. The monoisotopic (exact) mass is 630 g/mol. The van der Waals surface area contributed by atoms with Gasteiger partial charge in [0.1, 0.15) is 17.9 Å². The van der Waals surface area contributed by atoms with Gasteiger partial charge in [0.2, 0.25) is 0 Å². The van der Waals surface area contributed by atoms with E-state index < -0.39 is 65.5 Å². The third-order valence-corrected chi connectivity index (χ3v) is 10.5. The van der Waals surface area contributed by atoms with Gasteiger partial charge in [-0.05, 0) is 61.9 Å². The van der Waals surface area contributed by atoms with Crippen molar-refractivity contribution in [2.24, 2.45) is 35.5 Å². The number of nitrogens with zero attached hydrogens (tertiary/aromatic N) is 1. The Balaban J connectivity index is 1.34. The topological polar surface area (TPSA) is 135 Å². The van der Waals surface area contributed by atoms with Crippen molar-refractivity contribution in [2.75, 3.05) is 7.11 Å². The summed E-state index contributed by atoms with van der Waals surface area (Å²) in [5, 5.41) is 12.8. The van der Waals surface area contributed by atoms with Gasteiger partial charge in [-0.3, -0.25) is 14.5 Å². The molecule has 10 nitrogen and oxygen atoms in total. The highest BCUT2D eigenvalue weighted by Crippen LogP contribution is 2.64. The van der Waals surface area contributed by atoms with Crippen molar-refractivity contribution in [1.82, 2.24) is 9.88 Å². The number of carbonyl (C=O) groups excluding carboxylic acids is 4. The lowest BCUT2D eigenvalue weighted by Crippen LogP contribution is -2.52. The largest absolute Gasteiger partial charge is 0.458 e. The summed E-state index contributed by atoms with van der Waals surface area (Å²) < 4.78 is 17.8. The molecule has 0 saturated heterocycles. The Morgan fingerprint density at radius 1 is 1.07 bits per heavy atom. The van der Waals surface area contributed by atoms with Gasteiger partial charge in [-0.2, -0.15) is 0 Å². The molecule has 46 heavy (non-hydrogen) atoms. The Morgan fingerprint density at radius 2 is 1.74 bits per heavy atom. The number of fused-ring (bicyclic) bond motifs is 4. The average Bonchev–Trinajstić information content (AvgIpc) is 3.36. The zero-order chi connectivity index (χ0) is 33.1. The number of amides is 2. The van der Waals surface area contributed by atoms with Crippen LogP contribution >= 0.6 is 0 Å². The summed E-state index contributed by atoms with van der Waals surface area (Å²) >= 11 is 0. The molecule has 6 rings (SSSR count). The summed E-state index contributed by atoms with van der Waals surface area (Å²) in [6.07, 6.45) is 5.38. The molecule has 2 aliphatic heterocycles. The van der Waals surface area contributed by atoms with Crippen molar-refractivity contribution in [1.29, 1.82) is 0 Å². The van der Waals surface area contributed by atoms with E-state index in [2.05, 4.69) is 11.1 Å². The predicted molar refractivity (Wildman–Crippen MR) is 168 cm³/mol. The molecule has 244 valence electrons. The third kappa shape index (κ3) is 5.11. The van der Waals surface area contributed by atoms with Crippen LogP contribution in [0.1, 0.15) is 72.2 Å². The van der Waals surface area contributed by atoms with E-state index in [9.17, 15) is 24.3 Å². The highest BCUT2D eigenvalue weighted by Gasteiger charge is 2.67. The lowest BCUT2D eigenvalue weighted by atomic mass is 9.70. The van der Waals surface area contributed by atoms with E-state index in [0.717, 1.165) is 4.90 Å². The maximum atomic E-state index is 13.6. The summed E-state index contributed by atoms with van der Waals surface area (Å²) in [4.78, 5) is 57.5. The average molecular weight is 631 g/mol. The summed E-state index contributed by atoms with van der Waals surface area (Å²) in [6, 6.07) is 9.25. The van der Waals surface area contributed by atoms with E-state index >= 15 is 0 Å². The summed E-state index contributed by atoms with van der Waals surface area (Å²) in [7, 11) is 1.43. The number of methoxy groups -OCH3 is 1. The molecule has 2 aromatic rings. The zero-order valence-electron chi connectivity index (χ0n) is 27.0. The van der Waals surface area contributed by atoms with Crippen LogP contribution in [0.4, 0.5) is 0 Å². The van der Waals surface area contributed by atoms with Crippen molar-refractivity contribution in [2.45, 2.75) is 71.0 Å². The van der Waals surface area contributed by atoms with Crippen molar-refractivity contribution < 1.29 is 38.5 Å². The van der Waals surface area contributed by atoms with Gasteiger partial charge in [-0.15, -0.1) is 0 Å². The quantitative estimate of drug-likeness (QED) is 0.258. The van der Waals surface area contributed by atoms with Crippen LogP contribution in [-0.2, 0) is 19.0 Å². The number of H-pyrrole nitrogens is 1. The van der Waals surface area contributed by atoms with E-state index in [1.807, 2.05) is 39.8 Å². The predicted octanol–water partition coefficient (Wildman–Crippen LogP) is 4.57. The van der Waals surface area contributed by atoms with E-state index in [4.69, 9.17) is 14.2 Å². The van der Waals surface area contributed by atoms with Crippen LogP contribution in [0.15, 0.2) is 66.4 Å². The molecule has 1 fully saturated rings. The van der Waals surface area contributed by atoms with Gasteiger partial charge < -0.3 is 24.3 Å². The first-order valence-corrected chi connectivity index (χ1v) is 16.0. The molecule has 10 atom stereocenters. The number of hydrogen-bond acceptors (Lipinski definition) is 8. The minimum absolute atomic E-state index is 0.0145. The lowest BCUT2D eigenvalue weighted by Gasteiger charge is -2.42. The molecule has 1 aromatic carbocycles. The number of benzene rings is 1. The Kier molecular flexibility index (Phi) is 8.31. The second-order valence-electron chi connectivity index (χ2n) is 13.5. The van der Waals surface area contributed by atoms with E-state index in [1.54, 1.807) is 49.5 Å². The molecule has 0 bridgehead atoms. The second-order valence-corrected chi connectivity index (χ2v) is 13.5. The van der Waals surface area contributed by atoms with Gasteiger partial charge in [0, 0.05) is 37.0 Å². The minimum Gasteiger partial charge on any atom is -0.458 e. The first-order valence-electron chi connectivity index (χ1n) is 16.0. The molecule has 1 aromatic heterocycles. The van der Waals surface area contributed by atoms with E-state index in [1.165, 1.54) is 7.11 Å². The number of allylic oxidation sites excluding steroid dienone is 1. The lowest BCUT2D eigenvalue weighted by molar-refractivity contribution is -0.168. The maximum Gasteiger partial charge on any atom is 0.355 e. The number of rotatable bonds is 7. The van der Waals surface area contributed by atoms with Gasteiger partial charge >= 0.3 is 11.9 Å². The van der Waals surface area contributed by atoms with Gasteiger partial charge in [0.25, 0.3) is 11.8 Å². The number of nitrogens with one attached hydrogen (secondary N) is 1. The van der Waals surface area contributed by atoms with Crippen molar-refractivity contribution in [3.8, 4) is 0 Å². The smallest absolute Gasteiger partial charge is 0.355 e. The molecule has 3 heterocycles. The molecule has 0 spiro atoms. The normalized spacial score (nSPS) is 34.5. The van der Waals surface area contributed by atoms with E-state index in [-0.39, 0.29) is 30.1 Å². The first kappa shape index (κ1) is 31.9. The number of hydrogen-bond donors (Lipinski definition) is 2. The number of aliphatic hydroxyl groups is 1. The summed E-state index contributed by atoms with van der Waals surface area (Å²) in [5.41, 5.74) is 0.311. The molecule has 2 unspecified atom stereocenters. The van der Waals surface area contributed by atoms with Crippen LogP contribution in [-0.4, -0.2) is 75.8 Å². The third-order valence-electron chi connectivity index (χ3n) is 10.5. The van der Waals surface area contributed by atoms with Gasteiger partial charge in [-0.25, -0.2) is 9.59 Å². The zero-order valence-corrected chi connectivity index (χ0v) is 27.0. The standard InChI is InChI=1S/C36H42N2O8/c1-18(2)30(45-34(41)26-12-9-15-37-26)28-25-14-13-22-17-27(44-6)35(42)46-31(19(3)16-20(4)36(22,43)29(25)28)21(5)38-32(39)23-10-7-8-11-24(23)33(38)40/h7-16,18-19,21-22,25,27-31,37,43H,17H2,1-6H3/b20-16+/t19-,21+,22-,25+,27+,28?,29+,30?,31+,36+/m1/s1. The maximum absolute atomic E-state index is 13.6. The fraction of sp³-hybridized carbons (Fsp3) is 0.500. The number of esters is 2. The molecule has 2 N–H and O–H groups in total. The molecule has 2 amide bonds. The Hall–Kier alpha value is -4.02. The highest BCUT2D eigenvalue weighted by molar-refractivity contribution is 6.21. The number of cyclic esters (lactones) is 1. The number of imide groups is 1. The fourth-order valence-corrected chi connectivity index (χ4v) is 8.11. The fourth-order valence-electron chi connectivity index (χ4n) is 8.11. The van der Waals surface area contributed by atoms with Gasteiger partial charge in [0.05, 0.1) is 22.8 Å². The number of carbonyl (C=O) groups is 4. The molecule has 2 aliphatic carbocycles. The van der Waals surface area contributed by atoms with Gasteiger partial charge in [-0.1, -0.05) is 51.1 Å². The summed E-state index contributed by atoms with van der Waals surface area (Å²) in [5.74, 6) is -3.38. The van der Waals surface area contributed by atoms with Crippen LogP contribution < -0.4 is 0 Å².